The maximum absolute atomic E-state index is 10.6. The highest BCUT2D eigenvalue weighted by molar-refractivity contribution is 6.61. The summed E-state index contributed by atoms with van der Waals surface area (Å²) in [5.41, 5.74) is -0.740. The van der Waals surface area contributed by atoms with Crippen molar-refractivity contribution in [2.24, 2.45) is 5.92 Å². The Morgan fingerprint density at radius 2 is 2.14 bits per heavy atom. The van der Waals surface area contributed by atoms with Gasteiger partial charge in [-0.2, -0.15) is 0 Å². The van der Waals surface area contributed by atoms with E-state index in [4.69, 9.17) is 22.8 Å². The highest BCUT2D eigenvalue weighted by atomic mass is 35.5. The molecule has 1 rings (SSSR count). The van der Waals surface area contributed by atoms with Crippen molar-refractivity contribution < 1.29 is 9.53 Å². The fraction of sp³-hybridized carbons (Fsp3) is 0.727. The first-order chi connectivity index (χ1) is 6.74. The standard InChI is InChI=1S/C11H15ClO2/c1-2-6-10(14-11(12)13)9-7-4-3-5-8-9/h1,9-10H,3-8H2. The number of terminal acetylenes is 1. The molecule has 3 heteroatoms. The minimum atomic E-state index is -0.740. The second-order valence-corrected chi connectivity index (χ2v) is 4.01. The SMILES string of the molecule is C#CCC(OC(=O)Cl)C1CCCCC1. The Morgan fingerprint density at radius 1 is 1.50 bits per heavy atom. The molecule has 0 aromatic carbocycles. The summed E-state index contributed by atoms with van der Waals surface area (Å²) in [6, 6.07) is 0. The van der Waals surface area contributed by atoms with E-state index in [0.29, 0.717) is 12.3 Å². The number of carbonyl (C=O) groups is 1. The van der Waals surface area contributed by atoms with Crippen LogP contribution in [-0.4, -0.2) is 11.5 Å². The molecule has 0 amide bonds. The third kappa shape index (κ3) is 3.59. The van der Waals surface area contributed by atoms with Crippen molar-refractivity contribution in [3.05, 3.63) is 0 Å². The molecule has 0 spiro atoms. The minimum absolute atomic E-state index is 0.176. The van der Waals surface area contributed by atoms with Gasteiger partial charge in [0.1, 0.15) is 6.10 Å². The van der Waals surface area contributed by atoms with Crippen LogP contribution in [0.3, 0.4) is 0 Å². The lowest BCUT2D eigenvalue weighted by atomic mass is 9.84. The van der Waals surface area contributed by atoms with Crippen molar-refractivity contribution in [1.82, 2.24) is 0 Å². The molecule has 0 aliphatic heterocycles. The third-order valence-electron chi connectivity index (χ3n) is 2.74. The van der Waals surface area contributed by atoms with Gasteiger partial charge in [-0.05, 0) is 18.8 Å². The van der Waals surface area contributed by atoms with Crippen LogP contribution >= 0.6 is 11.6 Å². The van der Waals surface area contributed by atoms with E-state index in [-0.39, 0.29) is 6.10 Å². The first kappa shape index (κ1) is 11.4. The van der Waals surface area contributed by atoms with E-state index in [1.165, 1.54) is 19.3 Å². The lowest BCUT2D eigenvalue weighted by molar-refractivity contribution is 0.0678. The van der Waals surface area contributed by atoms with Crippen LogP contribution in [0.25, 0.3) is 0 Å². The summed E-state index contributed by atoms with van der Waals surface area (Å²) in [4.78, 5) is 10.6. The molecule has 0 aromatic rings. The molecule has 2 nitrogen and oxygen atoms in total. The van der Waals surface area contributed by atoms with Crippen LogP contribution in [0.5, 0.6) is 0 Å². The zero-order valence-corrected chi connectivity index (χ0v) is 8.93. The number of halogens is 1. The molecule has 0 N–H and O–H groups in total. The number of rotatable bonds is 3. The van der Waals surface area contributed by atoms with Gasteiger partial charge in [-0.15, -0.1) is 12.3 Å². The van der Waals surface area contributed by atoms with Gasteiger partial charge in [0.25, 0.3) is 0 Å². The third-order valence-corrected chi connectivity index (χ3v) is 2.83. The normalized spacial score (nSPS) is 19.7. The van der Waals surface area contributed by atoms with E-state index in [2.05, 4.69) is 5.92 Å². The molecule has 0 radical (unpaired) electrons. The molecule has 78 valence electrons. The van der Waals surface area contributed by atoms with Crippen molar-refractivity contribution in [2.75, 3.05) is 0 Å². The average molecular weight is 215 g/mol. The lowest BCUT2D eigenvalue weighted by Crippen LogP contribution is -2.26. The zero-order valence-electron chi connectivity index (χ0n) is 8.17. The van der Waals surface area contributed by atoms with Gasteiger partial charge < -0.3 is 4.74 Å². The predicted octanol–water partition coefficient (Wildman–Crippen LogP) is 3.33. The Labute approximate surface area is 90.0 Å². The highest BCUT2D eigenvalue weighted by Crippen LogP contribution is 2.29. The molecule has 1 aliphatic rings. The summed E-state index contributed by atoms with van der Waals surface area (Å²) in [5, 5.41) is 0. The Balaban J connectivity index is 2.47. The van der Waals surface area contributed by atoms with Gasteiger partial charge in [0.2, 0.25) is 0 Å². The molecule has 1 saturated carbocycles. The monoisotopic (exact) mass is 214 g/mol. The second kappa shape index (κ2) is 5.93. The quantitative estimate of drug-likeness (QED) is 0.532. The van der Waals surface area contributed by atoms with Crippen LogP contribution in [0.15, 0.2) is 0 Å². The molecule has 1 aliphatic carbocycles. The summed E-state index contributed by atoms with van der Waals surface area (Å²) < 4.78 is 5.01. The van der Waals surface area contributed by atoms with Crippen LogP contribution in [0.2, 0.25) is 0 Å². The molecule has 0 heterocycles. The van der Waals surface area contributed by atoms with E-state index in [0.717, 1.165) is 12.8 Å². The van der Waals surface area contributed by atoms with Crippen LogP contribution in [0.1, 0.15) is 38.5 Å². The molecule has 1 atom stereocenters. The number of carbonyl (C=O) groups excluding carboxylic acids is 1. The van der Waals surface area contributed by atoms with Crippen molar-refractivity contribution in [2.45, 2.75) is 44.6 Å². The predicted molar refractivity (Wildman–Crippen MR) is 56.1 cm³/mol. The fourth-order valence-corrected chi connectivity index (χ4v) is 2.16. The van der Waals surface area contributed by atoms with Gasteiger partial charge >= 0.3 is 5.43 Å². The minimum Gasteiger partial charge on any atom is -0.449 e. The smallest absolute Gasteiger partial charge is 0.404 e. The van der Waals surface area contributed by atoms with E-state index in [1.807, 2.05) is 0 Å². The van der Waals surface area contributed by atoms with Crippen molar-refractivity contribution in [3.63, 3.8) is 0 Å². The molecule has 0 saturated heterocycles. The summed E-state index contributed by atoms with van der Waals surface area (Å²) in [6.07, 6.45) is 11.4. The summed E-state index contributed by atoms with van der Waals surface area (Å²) in [7, 11) is 0. The van der Waals surface area contributed by atoms with Crippen LogP contribution in [0.4, 0.5) is 4.79 Å². The molecular formula is C11H15ClO2. The molecular weight excluding hydrogens is 200 g/mol. The Morgan fingerprint density at radius 3 is 2.64 bits per heavy atom. The van der Waals surface area contributed by atoms with Crippen LogP contribution < -0.4 is 0 Å². The zero-order chi connectivity index (χ0) is 10.4. The summed E-state index contributed by atoms with van der Waals surface area (Å²) in [6.45, 7) is 0. The highest BCUT2D eigenvalue weighted by Gasteiger charge is 2.25. The average Bonchev–Trinajstić information content (AvgIpc) is 2.18. The lowest BCUT2D eigenvalue weighted by Gasteiger charge is -2.27. The Hall–Kier alpha value is -0.680. The first-order valence-corrected chi connectivity index (χ1v) is 5.41. The summed E-state index contributed by atoms with van der Waals surface area (Å²) >= 11 is 5.20. The maximum atomic E-state index is 10.6. The van der Waals surface area contributed by atoms with Crippen LogP contribution in [-0.2, 0) is 4.74 Å². The molecule has 1 fully saturated rings. The van der Waals surface area contributed by atoms with Crippen molar-refractivity contribution in [3.8, 4) is 12.3 Å². The molecule has 0 aromatic heterocycles. The maximum Gasteiger partial charge on any atom is 0.404 e. The van der Waals surface area contributed by atoms with E-state index < -0.39 is 5.43 Å². The van der Waals surface area contributed by atoms with Gasteiger partial charge in [0, 0.05) is 18.0 Å². The largest absolute Gasteiger partial charge is 0.449 e. The Bertz CT molecular complexity index is 226. The van der Waals surface area contributed by atoms with Gasteiger partial charge in [-0.3, -0.25) is 0 Å². The van der Waals surface area contributed by atoms with Gasteiger partial charge in [0.15, 0.2) is 0 Å². The number of hydrogen-bond donors (Lipinski definition) is 0. The van der Waals surface area contributed by atoms with Gasteiger partial charge in [0.05, 0.1) is 0 Å². The van der Waals surface area contributed by atoms with E-state index in [1.54, 1.807) is 0 Å². The van der Waals surface area contributed by atoms with Crippen molar-refractivity contribution in [1.29, 1.82) is 0 Å². The molecule has 1 unspecified atom stereocenters. The second-order valence-electron chi connectivity index (χ2n) is 3.70. The van der Waals surface area contributed by atoms with E-state index >= 15 is 0 Å². The van der Waals surface area contributed by atoms with Gasteiger partial charge in [-0.25, -0.2) is 4.79 Å². The fourth-order valence-electron chi connectivity index (χ4n) is 2.05. The van der Waals surface area contributed by atoms with Crippen molar-refractivity contribution >= 4 is 17.0 Å². The molecule has 0 bridgehead atoms. The van der Waals surface area contributed by atoms with Crippen LogP contribution in [0, 0.1) is 18.3 Å². The van der Waals surface area contributed by atoms with E-state index in [9.17, 15) is 4.79 Å². The first-order valence-electron chi connectivity index (χ1n) is 5.03. The van der Waals surface area contributed by atoms with Gasteiger partial charge in [-0.1, -0.05) is 19.3 Å². The Kier molecular flexibility index (Phi) is 4.82. The number of ether oxygens (including phenoxy) is 1. The molecule has 14 heavy (non-hydrogen) atoms. The summed E-state index contributed by atoms with van der Waals surface area (Å²) in [5.74, 6) is 2.94. The number of hydrogen-bond acceptors (Lipinski definition) is 2. The topological polar surface area (TPSA) is 26.3 Å².